The van der Waals surface area contributed by atoms with Gasteiger partial charge in [0.25, 0.3) is 5.56 Å². The molecule has 188 valence electrons. The number of fused-ring (bicyclic) bond motifs is 1. The summed E-state index contributed by atoms with van der Waals surface area (Å²) < 4.78 is 14.5. The predicted octanol–water partition coefficient (Wildman–Crippen LogP) is 2.46. The maximum absolute atomic E-state index is 12.6. The largest absolute Gasteiger partial charge is 0.459 e. The van der Waals surface area contributed by atoms with Crippen molar-refractivity contribution >= 4 is 17.0 Å². The van der Waals surface area contributed by atoms with Gasteiger partial charge in [0.05, 0.1) is 30.4 Å². The molecule has 35 heavy (non-hydrogen) atoms. The molecule has 9 heteroatoms. The average Bonchev–Trinajstić information content (AvgIpc) is 3.44. The number of aryl methyl sites for hydroxylation is 2. The second-order valence-corrected chi connectivity index (χ2v) is 9.57. The molecule has 1 saturated heterocycles. The van der Waals surface area contributed by atoms with E-state index in [1.807, 2.05) is 30.5 Å². The van der Waals surface area contributed by atoms with E-state index in [1.54, 1.807) is 25.5 Å². The Balaban J connectivity index is 1.59. The molecule has 3 atom stereocenters. The first-order valence-corrected chi connectivity index (χ1v) is 12.0. The van der Waals surface area contributed by atoms with Gasteiger partial charge in [0, 0.05) is 43.4 Å². The molecule has 1 fully saturated rings. The number of aromatic nitrogens is 3. The average molecular weight is 483 g/mol. The number of nitrogens with zero attached hydrogens (tertiary/aromatic N) is 3. The fourth-order valence-electron chi connectivity index (χ4n) is 4.50. The maximum atomic E-state index is 12.6. The lowest BCUT2D eigenvalue weighted by Gasteiger charge is -2.22. The Kier molecular flexibility index (Phi) is 7.39. The molecule has 4 rings (SSSR count). The summed E-state index contributed by atoms with van der Waals surface area (Å²) in [6.07, 6.45) is 1.31. The van der Waals surface area contributed by atoms with Crippen molar-refractivity contribution in [3.63, 3.8) is 0 Å². The Morgan fingerprint density at radius 1 is 1.31 bits per heavy atom. The van der Waals surface area contributed by atoms with Crippen LogP contribution in [0.1, 0.15) is 44.4 Å². The van der Waals surface area contributed by atoms with Gasteiger partial charge in [-0.05, 0) is 51.5 Å². The van der Waals surface area contributed by atoms with Crippen LogP contribution in [0, 0.1) is 6.92 Å². The van der Waals surface area contributed by atoms with E-state index in [1.165, 1.54) is 0 Å². The molecule has 1 unspecified atom stereocenters. The maximum Gasteiger partial charge on any atom is 0.326 e. The highest BCUT2D eigenvalue weighted by atomic mass is 16.6. The predicted molar refractivity (Wildman–Crippen MR) is 133 cm³/mol. The monoisotopic (exact) mass is 482 g/mol. The van der Waals surface area contributed by atoms with Crippen LogP contribution >= 0.6 is 0 Å². The Morgan fingerprint density at radius 2 is 2.09 bits per heavy atom. The minimum atomic E-state index is -0.909. The normalized spacial score (nSPS) is 17.7. The lowest BCUT2D eigenvalue weighted by molar-refractivity contribution is -0.154. The zero-order chi connectivity index (χ0) is 25.3. The third kappa shape index (κ3) is 5.32. The van der Waals surface area contributed by atoms with Crippen LogP contribution in [0.25, 0.3) is 22.4 Å². The smallest absolute Gasteiger partial charge is 0.326 e. The first-order chi connectivity index (χ1) is 16.7. The highest BCUT2D eigenvalue weighted by Crippen LogP contribution is 2.29. The van der Waals surface area contributed by atoms with E-state index in [2.05, 4.69) is 23.7 Å². The summed E-state index contributed by atoms with van der Waals surface area (Å²) in [5, 5.41) is 13.3. The summed E-state index contributed by atoms with van der Waals surface area (Å²) in [7, 11) is 1.74. The molecular formula is C26H34N4O5. The zero-order valence-electron chi connectivity index (χ0n) is 20.9. The minimum Gasteiger partial charge on any atom is -0.459 e. The topological polar surface area (TPSA) is 108 Å². The van der Waals surface area contributed by atoms with Crippen molar-refractivity contribution in [2.75, 3.05) is 13.2 Å². The third-order valence-corrected chi connectivity index (χ3v) is 6.32. The van der Waals surface area contributed by atoms with Crippen LogP contribution in [0.15, 0.2) is 35.3 Å². The number of rotatable bonds is 8. The molecule has 1 aliphatic heterocycles. The van der Waals surface area contributed by atoms with Gasteiger partial charge in [0.1, 0.15) is 18.0 Å². The van der Waals surface area contributed by atoms with Crippen LogP contribution in [0.3, 0.4) is 0 Å². The van der Waals surface area contributed by atoms with Crippen LogP contribution in [-0.2, 0) is 27.9 Å². The fraction of sp³-hybridized carbons (Fsp3) is 0.500. The molecule has 2 aromatic heterocycles. The molecule has 1 aromatic carbocycles. The molecule has 0 spiro atoms. The van der Waals surface area contributed by atoms with Gasteiger partial charge >= 0.3 is 5.97 Å². The number of esters is 1. The van der Waals surface area contributed by atoms with E-state index in [-0.39, 0.29) is 17.7 Å². The van der Waals surface area contributed by atoms with Crippen molar-refractivity contribution in [3.8, 4) is 11.4 Å². The van der Waals surface area contributed by atoms with E-state index in [0.717, 1.165) is 28.0 Å². The summed E-state index contributed by atoms with van der Waals surface area (Å²) in [4.78, 5) is 29.7. The number of carbonyl (C=O) groups is 1. The Morgan fingerprint density at radius 3 is 2.71 bits per heavy atom. The number of imidazole rings is 1. The SMILES string of the molecule is Cc1cc(-c2nc3cc(CN[C@H](C(=O)OC4CCOC4)[C@@H](C)O)ccc3n2C(C)C)cn(C)c1=O. The summed E-state index contributed by atoms with van der Waals surface area (Å²) in [5.41, 5.74) is 4.24. The summed E-state index contributed by atoms with van der Waals surface area (Å²) in [6.45, 7) is 8.91. The van der Waals surface area contributed by atoms with Crippen molar-refractivity contribution < 1.29 is 19.4 Å². The second-order valence-electron chi connectivity index (χ2n) is 9.57. The molecule has 0 bridgehead atoms. The molecule has 9 nitrogen and oxygen atoms in total. The number of ether oxygens (including phenoxy) is 2. The van der Waals surface area contributed by atoms with Gasteiger partial charge in [-0.15, -0.1) is 0 Å². The molecule has 0 aliphatic carbocycles. The Bertz CT molecular complexity index is 1240. The number of hydrogen-bond acceptors (Lipinski definition) is 7. The number of aliphatic hydroxyl groups is 1. The van der Waals surface area contributed by atoms with Crippen LogP contribution in [0.2, 0.25) is 0 Å². The van der Waals surface area contributed by atoms with E-state index in [9.17, 15) is 14.7 Å². The van der Waals surface area contributed by atoms with Crippen LogP contribution < -0.4 is 10.9 Å². The van der Waals surface area contributed by atoms with E-state index in [4.69, 9.17) is 14.5 Å². The van der Waals surface area contributed by atoms with Crippen LogP contribution in [0.4, 0.5) is 0 Å². The van der Waals surface area contributed by atoms with Crippen molar-refractivity contribution in [1.29, 1.82) is 0 Å². The minimum absolute atomic E-state index is 0.0269. The summed E-state index contributed by atoms with van der Waals surface area (Å²) in [6, 6.07) is 7.17. The van der Waals surface area contributed by atoms with Gasteiger partial charge in [-0.1, -0.05) is 6.07 Å². The lowest BCUT2D eigenvalue weighted by Crippen LogP contribution is -2.46. The van der Waals surface area contributed by atoms with E-state index < -0.39 is 18.1 Å². The molecular weight excluding hydrogens is 448 g/mol. The van der Waals surface area contributed by atoms with Gasteiger partial charge in [0.15, 0.2) is 0 Å². The number of carbonyl (C=O) groups excluding carboxylic acids is 1. The molecule has 0 radical (unpaired) electrons. The van der Waals surface area contributed by atoms with E-state index in [0.29, 0.717) is 31.7 Å². The number of aliphatic hydroxyl groups excluding tert-OH is 1. The van der Waals surface area contributed by atoms with Crippen LogP contribution in [0.5, 0.6) is 0 Å². The lowest BCUT2D eigenvalue weighted by atomic mass is 10.1. The molecule has 0 amide bonds. The molecule has 0 saturated carbocycles. The molecule has 3 aromatic rings. The molecule has 2 N–H and O–H groups in total. The van der Waals surface area contributed by atoms with Crippen molar-refractivity contribution in [2.24, 2.45) is 7.05 Å². The molecule has 1 aliphatic rings. The number of hydrogen-bond donors (Lipinski definition) is 2. The second kappa shape index (κ2) is 10.3. The van der Waals surface area contributed by atoms with Crippen molar-refractivity contribution in [3.05, 3.63) is 51.9 Å². The van der Waals surface area contributed by atoms with Gasteiger partial charge in [-0.2, -0.15) is 0 Å². The first-order valence-electron chi connectivity index (χ1n) is 12.0. The van der Waals surface area contributed by atoms with E-state index >= 15 is 0 Å². The highest BCUT2D eigenvalue weighted by molar-refractivity contribution is 5.81. The third-order valence-electron chi connectivity index (χ3n) is 6.32. The van der Waals surface area contributed by atoms with Gasteiger partial charge in [0.2, 0.25) is 0 Å². The van der Waals surface area contributed by atoms with Gasteiger partial charge < -0.3 is 23.7 Å². The quantitative estimate of drug-likeness (QED) is 0.475. The Labute approximate surface area is 204 Å². The zero-order valence-corrected chi connectivity index (χ0v) is 20.9. The first kappa shape index (κ1) is 25.1. The number of benzene rings is 1. The standard InChI is InChI=1S/C26H34N4O5/c1-15(2)30-22-7-6-18(12-27-23(17(4)31)26(33)35-20-8-9-34-14-20)11-21(22)28-24(30)19-10-16(3)25(32)29(5)13-19/h6-7,10-11,13,15,17,20,23,27,31H,8-9,12,14H2,1-5H3/t17-,20?,23+/m1/s1. The van der Waals surface area contributed by atoms with Crippen LogP contribution in [-0.4, -0.2) is 56.7 Å². The molecule has 3 heterocycles. The van der Waals surface area contributed by atoms with Gasteiger partial charge in [-0.3, -0.25) is 14.9 Å². The summed E-state index contributed by atoms with van der Waals surface area (Å²) in [5.74, 6) is 0.316. The fourth-order valence-corrected chi connectivity index (χ4v) is 4.50. The van der Waals surface area contributed by atoms with Crippen molar-refractivity contribution in [2.45, 2.75) is 65.0 Å². The Hall–Kier alpha value is -3.01. The summed E-state index contributed by atoms with van der Waals surface area (Å²) >= 11 is 0. The number of nitrogens with one attached hydrogen (secondary N) is 1. The highest BCUT2D eigenvalue weighted by Gasteiger charge is 2.29. The number of pyridine rings is 1. The van der Waals surface area contributed by atoms with Gasteiger partial charge in [-0.25, -0.2) is 4.98 Å². The van der Waals surface area contributed by atoms with Crippen molar-refractivity contribution in [1.82, 2.24) is 19.4 Å².